The molecule has 0 saturated heterocycles. The van der Waals surface area contributed by atoms with Crippen molar-refractivity contribution in [2.24, 2.45) is 5.92 Å². The number of rotatable bonds is 7. The van der Waals surface area contributed by atoms with Gasteiger partial charge in [-0.05, 0) is 56.9 Å². The molecular weight excluding hydrogens is 312 g/mol. The molecule has 0 aliphatic heterocycles. The van der Waals surface area contributed by atoms with Crippen LogP contribution < -0.4 is 10.2 Å². The summed E-state index contributed by atoms with van der Waals surface area (Å²) in [4.78, 5) is 23.5. The molecule has 0 radical (unpaired) electrons. The number of nitrogens with zero attached hydrogens (tertiary/aromatic N) is 3. The van der Waals surface area contributed by atoms with Crippen LogP contribution >= 0.6 is 0 Å². The van der Waals surface area contributed by atoms with Crippen LogP contribution in [0.2, 0.25) is 0 Å². The minimum atomic E-state index is -0.146. The molecule has 1 N–H and O–H groups in total. The van der Waals surface area contributed by atoms with Gasteiger partial charge in [-0.1, -0.05) is 26.0 Å². The lowest BCUT2D eigenvalue weighted by atomic mass is 10.1. The second-order valence-electron chi connectivity index (χ2n) is 6.72. The summed E-state index contributed by atoms with van der Waals surface area (Å²) in [6, 6.07) is 9.94. The van der Waals surface area contributed by atoms with Crippen molar-refractivity contribution in [3.05, 3.63) is 47.3 Å². The van der Waals surface area contributed by atoms with E-state index in [2.05, 4.69) is 55.1 Å². The second-order valence-corrected chi connectivity index (χ2v) is 6.72. The highest BCUT2D eigenvalue weighted by atomic mass is 16.1. The van der Waals surface area contributed by atoms with Crippen LogP contribution in [0.5, 0.6) is 0 Å². The number of benzene rings is 1. The summed E-state index contributed by atoms with van der Waals surface area (Å²) in [5, 5.41) is 2.94. The minimum absolute atomic E-state index is 0.146. The smallest absolute Gasteiger partial charge is 0.270 e. The van der Waals surface area contributed by atoms with E-state index < -0.39 is 0 Å². The lowest BCUT2D eigenvalue weighted by molar-refractivity contribution is 0.0947. The zero-order valence-corrected chi connectivity index (χ0v) is 15.8. The van der Waals surface area contributed by atoms with Crippen molar-refractivity contribution in [3.63, 3.8) is 0 Å². The summed E-state index contributed by atoms with van der Waals surface area (Å²) in [7, 11) is 0. The minimum Gasteiger partial charge on any atom is -0.351 e. The maximum absolute atomic E-state index is 12.4. The van der Waals surface area contributed by atoms with E-state index in [0.29, 0.717) is 24.1 Å². The average molecular weight is 340 g/mol. The molecule has 2 rings (SSSR count). The highest BCUT2D eigenvalue weighted by Crippen LogP contribution is 2.23. The van der Waals surface area contributed by atoms with Crippen molar-refractivity contribution in [2.45, 2.75) is 41.0 Å². The van der Waals surface area contributed by atoms with Gasteiger partial charge in [0.2, 0.25) is 5.95 Å². The van der Waals surface area contributed by atoms with Gasteiger partial charge < -0.3 is 10.2 Å². The van der Waals surface area contributed by atoms with Gasteiger partial charge in [-0.2, -0.15) is 0 Å². The van der Waals surface area contributed by atoms with Crippen LogP contribution in [0.3, 0.4) is 0 Å². The number of aromatic nitrogens is 2. The normalized spacial score (nSPS) is 10.8. The molecule has 5 heteroatoms. The Morgan fingerprint density at radius 3 is 2.60 bits per heavy atom. The molecule has 0 bridgehead atoms. The molecule has 0 aliphatic carbocycles. The van der Waals surface area contributed by atoms with Crippen molar-refractivity contribution in [2.75, 3.05) is 18.0 Å². The maximum Gasteiger partial charge on any atom is 0.270 e. The van der Waals surface area contributed by atoms with Crippen LogP contribution in [-0.2, 0) is 0 Å². The highest BCUT2D eigenvalue weighted by Gasteiger charge is 2.15. The molecule has 0 fully saturated rings. The van der Waals surface area contributed by atoms with Crippen LogP contribution in [0.1, 0.15) is 48.9 Å². The standard InChI is InChI=1S/C20H28N4O/c1-6-24(17-9-7-8-15(4)12-17)20-22-16(5)13-18(23-20)19(25)21-11-10-14(2)3/h7-9,12-14H,6,10-11H2,1-5H3,(H,21,25). The van der Waals surface area contributed by atoms with Crippen LogP contribution in [-0.4, -0.2) is 29.0 Å². The Morgan fingerprint density at radius 2 is 1.96 bits per heavy atom. The fourth-order valence-electron chi connectivity index (χ4n) is 2.59. The van der Waals surface area contributed by atoms with E-state index in [1.54, 1.807) is 6.07 Å². The molecule has 0 saturated carbocycles. The molecular formula is C20H28N4O. The third-order valence-corrected chi connectivity index (χ3v) is 3.95. The van der Waals surface area contributed by atoms with Crippen molar-refractivity contribution >= 4 is 17.5 Å². The SMILES string of the molecule is CCN(c1cccc(C)c1)c1nc(C)cc(C(=O)NCCC(C)C)n1. The van der Waals surface area contributed by atoms with Crippen LogP contribution in [0.25, 0.3) is 0 Å². The highest BCUT2D eigenvalue weighted by molar-refractivity contribution is 5.92. The number of hydrogen-bond donors (Lipinski definition) is 1. The van der Waals surface area contributed by atoms with Crippen LogP contribution in [0, 0.1) is 19.8 Å². The average Bonchev–Trinajstić information content (AvgIpc) is 2.54. The summed E-state index contributed by atoms with van der Waals surface area (Å²) in [5.41, 5.74) is 3.40. The molecule has 2 aromatic rings. The Morgan fingerprint density at radius 1 is 1.20 bits per heavy atom. The third-order valence-electron chi connectivity index (χ3n) is 3.95. The number of amides is 1. The lowest BCUT2D eigenvalue weighted by Crippen LogP contribution is -2.28. The summed E-state index contributed by atoms with van der Waals surface area (Å²) >= 11 is 0. The number of anilines is 2. The van der Waals surface area contributed by atoms with Gasteiger partial charge in [0, 0.05) is 24.5 Å². The predicted molar refractivity (Wildman–Crippen MR) is 102 cm³/mol. The molecule has 134 valence electrons. The predicted octanol–water partition coefficient (Wildman–Crippen LogP) is 4.03. The van der Waals surface area contributed by atoms with Gasteiger partial charge in [0.25, 0.3) is 5.91 Å². The number of hydrogen-bond acceptors (Lipinski definition) is 4. The molecule has 5 nitrogen and oxygen atoms in total. The second kappa shape index (κ2) is 8.60. The molecule has 0 unspecified atom stereocenters. The topological polar surface area (TPSA) is 58.1 Å². The Balaban J connectivity index is 2.26. The molecule has 1 amide bonds. The van der Waals surface area contributed by atoms with Crippen molar-refractivity contribution in [1.82, 2.24) is 15.3 Å². The largest absolute Gasteiger partial charge is 0.351 e. The number of carbonyl (C=O) groups is 1. The van der Waals surface area contributed by atoms with Gasteiger partial charge in [0.15, 0.2) is 0 Å². The summed E-state index contributed by atoms with van der Waals surface area (Å²) in [5.74, 6) is 0.967. The molecule has 0 spiro atoms. The lowest BCUT2D eigenvalue weighted by Gasteiger charge is -2.22. The molecule has 1 heterocycles. The fourth-order valence-corrected chi connectivity index (χ4v) is 2.59. The first kappa shape index (κ1) is 18.9. The molecule has 0 atom stereocenters. The van der Waals surface area contributed by atoms with E-state index in [1.807, 2.05) is 24.0 Å². The molecule has 1 aromatic carbocycles. The monoisotopic (exact) mass is 340 g/mol. The first-order valence-corrected chi connectivity index (χ1v) is 8.88. The van der Waals surface area contributed by atoms with Gasteiger partial charge in [-0.3, -0.25) is 4.79 Å². The number of nitrogens with one attached hydrogen (secondary N) is 1. The Hall–Kier alpha value is -2.43. The first-order valence-electron chi connectivity index (χ1n) is 8.88. The fraction of sp³-hybridized carbons (Fsp3) is 0.450. The molecule has 1 aromatic heterocycles. The zero-order chi connectivity index (χ0) is 18.4. The van der Waals surface area contributed by atoms with Crippen molar-refractivity contribution in [1.29, 1.82) is 0 Å². The Labute approximate surface area is 150 Å². The van der Waals surface area contributed by atoms with E-state index >= 15 is 0 Å². The van der Waals surface area contributed by atoms with Gasteiger partial charge in [-0.15, -0.1) is 0 Å². The molecule has 25 heavy (non-hydrogen) atoms. The third kappa shape index (κ3) is 5.28. The van der Waals surface area contributed by atoms with Crippen LogP contribution in [0.4, 0.5) is 11.6 Å². The van der Waals surface area contributed by atoms with E-state index in [0.717, 1.165) is 24.3 Å². The summed E-state index contributed by atoms with van der Waals surface area (Å²) in [6.07, 6.45) is 0.951. The number of aryl methyl sites for hydroxylation is 2. The maximum atomic E-state index is 12.4. The van der Waals surface area contributed by atoms with E-state index in [9.17, 15) is 4.79 Å². The Bertz CT molecular complexity index is 727. The first-order chi connectivity index (χ1) is 11.9. The van der Waals surface area contributed by atoms with Crippen molar-refractivity contribution in [3.8, 4) is 0 Å². The van der Waals surface area contributed by atoms with Gasteiger partial charge in [0.1, 0.15) is 5.69 Å². The summed E-state index contributed by atoms with van der Waals surface area (Å²) in [6.45, 7) is 11.7. The summed E-state index contributed by atoms with van der Waals surface area (Å²) < 4.78 is 0. The van der Waals surface area contributed by atoms with E-state index in [4.69, 9.17) is 0 Å². The Kier molecular flexibility index (Phi) is 6.51. The van der Waals surface area contributed by atoms with Gasteiger partial charge in [-0.25, -0.2) is 9.97 Å². The van der Waals surface area contributed by atoms with E-state index in [1.165, 1.54) is 5.56 Å². The van der Waals surface area contributed by atoms with E-state index in [-0.39, 0.29) is 5.91 Å². The molecule has 0 aliphatic rings. The van der Waals surface area contributed by atoms with Crippen LogP contribution in [0.15, 0.2) is 30.3 Å². The quantitative estimate of drug-likeness (QED) is 0.827. The van der Waals surface area contributed by atoms with Gasteiger partial charge in [0.05, 0.1) is 0 Å². The number of carbonyl (C=O) groups excluding carboxylic acids is 1. The zero-order valence-electron chi connectivity index (χ0n) is 15.8. The van der Waals surface area contributed by atoms with Crippen molar-refractivity contribution < 1.29 is 4.79 Å². The van der Waals surface area contributed by atoms with Gasteiger partial charge >= 0.3 is 0 Å².